The van der Waals surface area contributed by atoms with E-state index < -0.39 is 0 Å². The van der Waals surface area contributed by atoms with E-state index in [0.717, 1.165) is 25.7 Å². The fourth-order valence-electron chi connectivity index (χ4n) is 0.806. The summed E-state index contributed by atoms with van der Waals surface area (Å²) in [7, 11) is 0. The SMILES string of the molecule is CCCCOCOC(=O)CCCC. The molecule has 0 saturated carbocycles. The van der Waals surface area contributed by atoms with Crippen LogP contribution < -0.4 is 0 Å². The van der Waals surface area contributed by atoms with Gasteiger partial charge >= 0.3 is 5.97 Å². The number of rotatable bonds is 8. The molecule has 0 heterocycles. The van der Waals surface area contributed by atoms with Gasteiger partial charge in [0.1, 0.15) is 0 Å². The third-order valence-electron chi connectivity index (χ3n) is 1.68. The minimum absolute atomic E-state index is 0.114. The lowest BCUT2D eigenvalue weighted by Crippen LogP contribution is -2.08. The van der Waals surface area contributed by atoms with Crippen LogP contribution >= 0.6 is 0 Å². The molecule has 0 aromatic rings. The minimum Gasteiger partial charge on any atom is -0.438 e. The largest absolute Gasteiger partial charge is 0.438 e. The van der Waals surface area contributed by atoms with Gasteiger partial charge in [0.05, 0.1) is 6.61 Å². The Kier molecular flexibility index (Phi) is 9.10. The minimum atomic E-state index is -0.154. The third kappa shape index (κ3) is 9.34. The Labute approximate surface area is 80.4 Å². The van der Waals surface area contributed by atoms with Gasteiger partial charge in [-0.25, -0.2) is 0 Å². The Hall–Kier alpha value is -0.570. The quantitative estimate of drug-likeness (QED) is 0.333. The van der Waals surface area contributed by atoms with Gasteiger partial charge in [0.25, 0.3) is 0 Å². The second kappa shape index (κ2) is 9.52. The van der Waals surface area contributed by atoms with Gasteiger partial charge in [0.15, 0.2) is 6.79 Å². The van der Waals surface area contributed by atoms with Crippen molar-refractivity contribution < 1.29 is 14.3 Å². The molecule has 13 heavy (non-hydrogen) atoms. The highest BCUT2D eigenvalue weighted by Crippen LogP contribution is 1.96. The molecule has 0 fully saturated rings. The molecule has 0 aliphatic carbocycles. The highest BCUT2D eigenvalue weighted by Gasteiger charge is 2.00. The maximum Gasteiger partial charge on any atom is 0.307 e. The second-order valence-electron chi connectivity index (χ2n) is 3.00. The van der Waals surface area contributed by atoms with Crippen molar-refractivity contribution in [2.24, 2.45) is 0 Å². The molecular formula is C10H20O3. The van der Waals surface area contributed by atoms with E-state index >= 15 is 0 Å². The first-order valence-corrected chi connectivity index (χ1v) is 5.04. The number of carbonyl (C=O) groups excluding carboxylic acids is 1. The van der Waals surface area contributed by atoms with E-state index in [1.54, 1.807) is 0 Å². The van der Waals surface area contributed by atoms with E-state index in [9.17, 15) is 4.79 Å². The number of esters is 1. The first-order chi connectivity index (χ1) is 6.31. The molecule has 0 aromatic heterocycles. The van der Waals surface area contributed by atoms with Crippen LogP contribution in [0.1, 0.15) is 46.0 Å². The van der Waals surface area contributed by atoms with Crippen molar-refractivity contribution in [1.29, 1.82) is 0 Å². The fourth-order valence-corrected chi connectivity index (χ4v) is 0.806. The molecule has 0 bridgehead atoms. The van der Waals surface area contributed by atoms with E-state index in [1.165, 1.54) is 0 Å². The van der Waals surface area contributed by atoms with Crippen LogP contribution in [0, 0.1) is 0 Å². The lowest BCUT2D eigenvalue weighted by Gasteiger charge is -2.04. The highest BCUT2D eigenvalue weighted by atomic mass is 16.7. The van der Waals surface area contributed by atoms with Crippen molar-refractivity contribution in [3.05, 3.63) is 0 Å². The van der Waals surface area contributed by atoms with Gasteiger partial charge in [0, 0.05) is 6.42 Å². The maximum absolute atomic E-state index is 10.9. The Morgan fingerprint density at radius 1 is 1.15 bits per heavy atom. The number of hydrogen-bond donors (Lipinski definition) is 0. The maximum atomic E-state index is 10.9. The zero-order valence-electron chi connectivity index (χ0n) is 8.67. The summed E-state index contributed by atoms with van der Waals surface area (Å²) in [5, 5.41) is 0. The molecule has 0 saturated heterocycles. The summed E-state index contributed by atoms with van der Waals surface area (Å²) in [4.78, 5) is 10.9. The molecule has 0 aromatic carbocycles. The number of unbranched alkanes of at least 4 members (excludes halogenated alkanes) is 2. The Balaban J connectivity index is 3.08. The van der Waals surface area contributed by atoms with Gasteiger partial charge in [0.2, 0.25) is 0 Å². The van der Waals surface area contributed by atoms with Crippen molar-refractivity contribution in [3.8, 4) is 0 Å². The predicted octanol–water partition coefficient (Wildman–Crippen LogP) is 2.49. The summed E-state index contributed by atoms with van der Waals surface area (Å²) in [5.74, 6) is -0.154. The fraction of sp³-hybridized carbons (Fsp3) is 0.900. The van der Waals surface area contributed by atoms with Crippen molar-refractivity contribution in [3.63, 3.8) is 0 Å². The summed E-state index contributed by atoms with van der Waals surface area (Å²) in [5.41, 5.74) is 0. The first kappa shape index (κ1) is 12.4. The molecule has 3 heteroatoms. The van der Waals surface area contributed by atoms with E-state index in [-0.39, 0.29) is 12.8 Å². The van der Waals surface area contributed by atoms with Crippen molar-refractivity contribution in [2.45, 2.75) is 46.0 Å². The van der Waals surface area contributed by atoms with Gasteiger partial charge < -0.3 is 9.47 Å². The average molecular weight is 188 g/mol. The third-order valence-corrected chi connectivity index (χ3v) is 1.68. The van der Waals surface area contributed by atoms with Gasteiger partial charge in [-0.15, -0.1) is 0 Å². The molecule has 78 valence electrons. The molecule has 0 radical (unpaired) electrons. The van der Waals surface area contributed by atoms with Crippen LogP contribution in [0.2, 0.25) is 0 Å². The molecule has 0 atom stereocenters. The Bertz CT molecular complexity index is 123. The number of carbonyl (C=O) groups is 1. The van der Waals surface area contributed by atoms with Gasteiger partial charge in [-0.1, -0.05) is 26.7 Å². The average Bonchev–Trinajstić information content (AvgIpc) is 2.14. The van der Waals surface area contributed by atoms with Crippen LogP contribution in [-0.2, 0) is 14.3 Å². The van der Waals surface area contributed by atoms with Crippen LogP contribution in [0.3, 0.4) is 0 Å². The Morgan fingerprint density at radius 3 is 2.46 bits per heavy atom. The van der Waals surface area contributed by atoms with E-state index in [2.05, 4.69) is 6.92 Å². The molecule has 0 N–H and O–H groups in total. The molecule has 0 rings (SSSR count). The summed E-state index contributed by atoms with van der Waals surface area (Å²) >= 11 is 0. The van der Waals surface area contributed by atoms with Crippen molar-refractivity contribution in [1.82, 2.24) is 0 Å². The monoisotopic (exact) mass is 188 g/mol. The van der Waals surface area contributed by atoms with E-state index in [1.807, 2.05) is 6.92 Å². The topological polar surface area (TPSA) is 35.5 Å². The summed E-state index contributed by atoms with van der Waals surface area (Å²) < 4.78 is 9.91. The molecule has 3 nitrogen and oxygen atoms in total. The zero-order chi connectivity index (χ0) is 9.94. The molecule has 0 spiro atoms. The summed E-state index contributed by atoms with van der Waals surface area (Å²) in [6.45, 7) is 4.93. The normalized spacial score (nSPS) is 10.0. The predicted molar refractivity (Wildman–Crippen MR) is 51.3 cm³/mol. The number of ether oxygens (including phenoxy) is 2. The molecule has 0 aliphatic heterocycles. The molecule has 0 aliphatic rings. The first-order valence-electron chi connectivity index (χ1n) is 5.04. The van der Waals surface area contributed by atoms with Crippen LogP contribution in [0.25, 0.3) is 0 Å². The standard InChI is InChI=1S/C10H20O3/c1-3-5-7-10(11)13-9-12-8-6-4-2/h3-9H2,1-2H3. The van der Waals surface area contributed by atoms with Crippen LogP contribution in [0.15, 0.2) is 0 Å². The summed E-state index contributed by atoms with van der Waals surface area (Å²) in [6, 6.07) is 0. The molecule has 0 unspecified atom stereocenters. The Morgan fingerprint density at radius 2 is 1.85 bits per heavy atom. The van der Waals surface area contributed by atoms with Gasteiger partial charge in [-0.2, -0.15) is 0 Å². The summed E-state index contributed by atoms with van der Waals surface area (Å²) in [6.07, 6.45) is 4.55. The number of hydrogen-bond acceptors (Lipinski definition) is 3. The van der Waals surface area contributed by atoms with Crippen molar-refractivity contribution in [2.75, 3.05) is 13.4 Å². The van der Waals surface area contributed by atoms with Crippen molar-refractivity contribution >= 4 is 5.97 Å². The van der Waals surface area contributed by atoms with Gasteiger partial charge in [-0.05, 0) is 12.8 Å². The second-order valence-corrected chi connectivity index (χ2v) is 3.00. The smallest absolute Gasteiger partial charge is 0.307 e. The van der Waals surface area contributed by atoms with Crippen LogP contribution in [0.4, 0.5) is 0 Å². The lowest BCUT2D eigenvalue weighted by molar-refractivity contribution is -0.156. The molecule has 0 amide bonds. The lowest BCUT2D eigenvalue weighted by atomic mass is 10.3. The van der Waals surface area contributed by atoms with Crippen LogP contribution in [-0.4, -0.2) is 19.4 Å². The highest BCUT2D eigenvalue weighted by molar-refractivity contribution is 5.69. The zero-order valence-corrected chi connectivity index (χ0v) is 8.67. The molecular weight excluding hydrogens is 168 g/mol. The van der Waals surface area contributed by atoms with Gasteiger partial charge in [-0.3, -0.25) is 4.79 Å². The van der Waals surface area contributed by atoms with E-state index in [4.69, 9.17) is 9.47 Å². The van der Waals surface area contributed by atoms with E-state index in [0.29, 0.717) is 13.0 Å². The van der Waals surface area contributed by atoms with Crippen LogP contribution in [0.5, 0.6) is 0 Å².